The fourth-order valence-corrected chi connectivity index (χ4v) is 3.41. The van der Waals surface area contributed by atoms with Crippen molar-refractivity contribution in [2.45, 2.75) is 59.4 Å². The molecule has 24 heavy (non-hydrogen) atoms. The Kier molecular flexibility index (Phi) is 7.10. The molecule has 1 aromatic rings. The second-order valence-electron chi connectivity index (χ2n) is 6.87. The molecule has 1 fully saturated rings. The molecule has 0 atom stereocenters. The predicted molar refractivity (Wildman–Crippen MR) is 98.7 cm³/mol. The predicted octanol–water partition coefficient (Wildman–Crippen LogP) is 3.37. The number of carbonyl (C=O) groups is 1. The summed E-state index contributed by atoms with van der Waals surface area (Å²) in [6.45, 7) is 11.7. The third kappa shape index (κ3) is 4.97. The minimum absolute atomic E-state index is 0.228. The maximum Gasteiger partial charge on any atom is 0.226 e. The van der Waals surface area contributed by atoms with Gasteiger partial charge in [0.15, 0.2) is 0 Å². The maximum atomic E-state index is 12.7. The Morgan fingerprint density at radius 3 is 2.62 bits per heavy atom. The standard InChI is InChI=1S/C20H32N2O2/c1-5-11-22(18-6-9-21-10-7-18)20(23)8-12-24-19-14-15(2)13-16(3)17(19)4/h13-14,18,21H,5-12H2,1-4H3. The van der Waals surface area contributed by atoms with Crippen LogP contribution >= 0.6 is 0 Å². The number of rotatable bonds is 7. The molecule has 1 aliphatic rings. The highest BCUT2D eigenvalue weighted by Gasteiger charge is 2.24. The van der Waals surface area contributed by atoms with Crippen molar-refractivity contribution < 1.29 is 9.53 Å². The first kappa shape index (κ1) is 18.8. The van der Waals surface area contributed by atoms with Crippen molar-refractivity contribution in [2.24, 2.45) is 0 Å². The van der Waals surface area contributed by atoms with Gasteiger partial charge in [0, 0.05) is 12.6 Å². The Balaban J connectivity index is 1.91. The van der Waals surface area contributed by atoms with Gasteiger partial charge in [-0.25, -0.2) is 0 Å². The molecule has 1 aromatic carbocycles. The molecular formula is C20H32N2O2. The van der Waals surface area contributed by atoms with Crippen molar-refractivity contribution in [1.82, 2.24) is 10.2 Å². The fourth-order valence-electron chi connectivity index (χ4n) is 3.41. The molecule has 0 unspecified atom stereocenters. The normalized spacial score (nSPS) is 15.3. The number of piperidine rings is 1. The molecule has 1 N–H and O–H groups in total. The molecule has 4 nitrogen and oxygen atoms in total. The smallest absolute Gasteiger partial charge is 0.226 e. The average Bonchev–Trinajstić information content (AvgIpc) is 2.57. The molecule has 0 bridgehead atoms. The number of carbonyl (C=O) groups excluding carboxylic acids is 1. The lowest BCUT2D eigenvalue weighted by Gasteiger charge is -2.34. The topological polar surface area (TPSA) is 41.6 Å². The van der Waals surface area contributed by atoms with Gasteiger partial charge in [0.05, 0.1) is 13.0 Å². The molecule has 0 saturated carbocycles. The lowest BCUT2D eigenvalue weighted by Crippen LogP contribution is -2.46. The van der Waals surface area contributed by atoms with Crippen LogP contribution in [0, 0.1) is 20.8 Å². The second-order valence-corrected chi connectivity index (χ2v) is 6.87. The number of aryl methyl sites for hydroxylation is 2. The zero-order chi connectivity index (χ0) is 17.5. The van der Waals surface area contributed by atoms with E-state index in [-0.39, 0.29) is 5.91 Å². The van der Waals surface area contributed by atoms with Gasteiger partial charge < -0.3 is 15.0 Å². The highest BCUT2D eigenvalue weighted by molar-refractivity contribution is 5.76. The van der Waals surface area contributed by atoms with E-state index in [1.807, 2.05) is 0 Å². The van der Waals surface area contributed by atoms with Gasteiger partial charge in [-0.2, -0.15) is 0 Å². The summed E-state index contributed by atoms with van der Waals surface area (Å²) in [7, 11) is 0. The van der Waals surface area contributed by atoms with E-state index in [2.05, 4.69) is 50.0 Å². The van der Waals surface area contributed by atoms with Crippen LogP contribution in [0.15, 0.2) is 12.1 Å². The molecule has 0 aliphatic carbocycles. The molecule has 0 radical (unpaired) electrons. The Bertz CT molecular complexity index is 551. The molecule has 4 heteroatoms. The zero-order valence-electron chi connectivity index (χ0n) is 15.7. The number of hydrogen-bond acceptors (Lipinski definition) is 3. The van der Waals surface area contributed by atoms with Crippen molar-refractivity contribution in [3.63, 3.8) is 0 Å². The fraction of sp³-hybridized carbons (Fsp3) is 0.650. The van der Waals surface area contributed by atoms with Crippen molar-refractivity contribution in [3.05, 3.63) is 28.8 Å². The van der Waals surface area contributed by atoms with Crippen molar-refractivity contribution in [1.29, 1.82) is 0 Å². The molecule has 1 heterocycles. The van der Waals surface area contributed by atoms with E-state index in [9.17, 15) is 4.79 Å². The van der Waals surface area contributed by atoms with Gasteiger partial charge in [-0.1, -0.05) is 13.0 Å². The van der Waals surface area contributed by atoms with Crippen LogP contribution < -0.4 is 10.1 Å². The third-order valence-electron chi connectivity index (χ3n) is 4.87. The van der Waals surface area contributed by atoms with Crippen LogP contribution in [-0.2, 0) is 4.79 Å². The Labute approximate surface area is 146 Å². The highest BCUT2D eigenvalue weighted by atomic mass is 16.5. The lowest BCUT2D eigenvalue weighted by atomic mass is 10.0. The van der Waals surface area contributed by atoms with E-state index in [4.69, 9.17) is 4.74 Å². The molecule has 1 saturated heterocycles. The van der Waals surface area contributed by atoms with Gasteiger partial charge in [0.2, 0.25) is 5.91 Å². The minimum atomic E-state index is 0.228. The Morgan fingerprint density at radius 1 is 1.25 bits per heavy atom. The number of benzene rings is 1. The average molecular weight is 332 g/mol. The first-order chi connectivity index (χ1) is 11.5. The minimum Gasteiger partial charge on any atom is -0.493 e. The number of ether oxygens (including phenoxy) is 1. The van der Waals surface area contributed by atoms with Gasteiger partial charge in [-0.05, 0) is 75.9 Å². The monoisotopic (exact) mass is 332 g/mol. The first-order valence-corrected chi connectivity index (χ1v) is 9.23. The van der Waals surface area contributed by atoms with E-state index in [0.29, 0.717) is 19.1 Å². The van der Waals surface area contributed by atoms with Crippen LogP contribution in [-0.4, -0.2) is 43.1 Å². The van der Waals surface area contributed by atoms with E-state index in [1.165, 1.54) is 11.1 Å². The van der Waals surface area contributed by atoms with Crippen LogP contribution in [0.3, 0.4) is 0 Å². The van der Waals surface area contributed by atoms with E-state index >= 15 is 0 Å². The highest BCUT2D eigenvalue weighted by Crippen LogP contribution is 2.23. The van der Waals surface area contributed by atoms with Crippen molar-refractivity contribution in [2.75, 3.05) is 26.2 Å². The van der Waals surface area contributed by atoms with Crippen LogP contribution in [0.2, 0.25) is 0 Å². The molecule has 134 valence electrons. The van der Waals surface area contributed by atoms with Crippen LogP contribution in [0.1, 0.15) is 49.3 Å². The molecule has 1 aliphatic heterocycles. The molecule has 1 amide bonds. The van der Waals surface area contributed by atoms with Gasteiger partial charge in [0.1, 0.15) is 5.75 Å². The summed E-state index contributed by atoms with van der Waals surface area (Å²) in [5, 5.41) is 3.37. The number of amides is 1. The SMILES string of the molecule is CCCN(C(=O)CCOc1cc(C)cc(C)c1C)C1CCNCC1. The molecule has 0 aromatic heterocycles. The van der Waals surface area contributed by atoms with E-state index < -0.39 is 0 Å². The van der Waals surface area contributed by atoms with Crippen LogP contribution in [0.5, 0.6) is 5.75 Å². The molecule has 0 spiro atoms. The summed E-state index contributed by atoms with van der Waals surface area (Å²) in [4.78, 5) is 14.7. The molecular weight excluding hydrogens is 300 g/mol. The molecule has 2 rings (SSSR count). The Hall–Kier alpha value is -1.55. The second kappa shape index (κ2) is 9.07. The van der Waals surface area contributed by atoms with Gasteiger partial charge >= 0.3 is 0 Å². The van der Waals surface area contributed by atoms with Crippen LogP contribution in [0.25, 0.3) is 0 Å². The zero-order valence-corrected chi connectivity index (χ0v) is 15.7. The third-order valence-corrected chi connectivity index (χ3v) is 4.87. The number of hydrogen-bond donors (Lipinski definition) is 1. The summed E-state index contributed by atoms with van der Waals surface area (Å²) < 4.78 is 5.92. The van der Waals surface area contributed by atoms with Crippen molar-refractivity contribution >= 4 is 5.91 Å². The van der Waals surface area contributed by atoms with Gasteiger partial charge in [0.25, 0.3) is 0 Å². The van der Waals surface area contributed by atoms with Gasteiger partial charge in [-0.3, -0.25) is 4.79 Å². The Morgan fingerprint density at radius 2 is 1.96 bits per heavy atom. The summed E-state index contributed by atoms with van der Waals surface area (Å²) in [6.07, 6.45) is 3.58. The quantitative estimate of drug-likeness (QED) is 0.832. The van der Waals surface area contributed by atoms with E-state index in [1.54, 1.807) is 0 Å². The van der Waals surface area contributed by atoms with Crippen molar-refractivity contribution in [3.8, 4) is 5.75 Å². The van der Waals surface area contributed by atoms with E-state index in [0.717, 1.165) is 50.2 Å². The van der Waals surface area contributed by atoms with Crippen LogP contribution in [0.4, 0.5) is 0 Å². The summed E-state index contributed by atoms with van der Waals surface area (Å²) in [6, 6.07) is 4.61. The number of nitrogens with one attached hydrogen (secondary N) is 1. The van der Waals surface area contributed by atoms with Gasteiger partial charge in [-0.15, -0.1) is 0 Å². The first-order valence-electron chi connectivity index (χ1n) is 9.23. The summed E-state index contributed by atoms with van der Waals surface area (Å²) >= 11 is 0. The maximum absolute atomic E-state index is 12.7. The number of nitrogens with zero attached hydrogens (tertiary/aromatic N) is 1. The summed E-state index contributed by atoms with van der Waals surface area (Å²) in [5.74, 6) is 1.13. The largest absolute Gasteiger partial charge is 0.493 e. The summed E-state index contributed by atoms with van der Waals surface area (Å²) in [5.41, 5.74) is 3.59. The lowest BCUT2D eigenvalue weighted by molar-refractivity contribution is -0.134.